The van der Waals surface area contributed by atoms with E-state index in [0.717, 1.165) is 0 Å². The number of rotatable bonds is 4. The van der Waals surface area contributed by atoms with E-state index in [1.54, 1.807) is 31.2 Å². The maximum absolute atomic E-state index is 12.9. The van der Waals surface area contributed by atoms with Crippen LogP contribution in [-0.2, 0) is 19.1 Å². The third-order valence-electron chi connectivity index (χ3n) is 6.10. The molecule has 2 bridgehead atoms. The summed E-state index contributed by atoms with van der Waals surface area (Å²) in [5, 5.41) is 2.83. The fourth-order valence-corrected chi connectivity index (χ4v) is 3.88. The zero-order valence-corrected chi connectivity index (χ0v) is 15.0. The minimum absolute atomic E-state index is 0.305. The van der Waals surface area contributed by atoms with Gasteiger partial charge in [-0.25, -0.2) is 4.79 Å². The Balaban J connectivity index is 1.79. The number of esters is 2. The largest absolute Gasteiger partial charge is 0.462 e. The van der Waals surface area contributed by atoms with Crippen molar-refractivity contribution in [2.24, 2.45) is 10.8 Å². The summed E-state index contributed by atoms with van der Waals surface area (Å²) in [5.41, 5.74) is -1.43. The first-order valence-corrected chi connectivity index (χ1v) is 8.50. The second-order valence-electron chi connectivity index (χ2n) is 7.43. The standard InChI is InChI=1S/C19H23NO5/c1-5-24-14(21)12-6-8-13(9-7-12)20-15(22)19-11-10-18(4,16(23)25-19)17(19,2)3/h6-9H,5,10-11H2,1-4H3,(H,20,22)/t18-,19-/m0/s1. The highest BCUT2D eigenvalue weighted by atomic mass is 16.6. The van der Waals surface area contributed by atoms with Crippen molar-refractivity contribution in [1.29, 1.82) is 0 Å². The molecule has 2 atom stereocenters. The predicted octanol–water partition coefficient (Wildman–Crippen LogP) is 2.92. The fourth-order valence-electron chi connectivity index (χ4n) is 3.88. The molecule has 0 radical (unpaired) electrons. The van der Waals surface area contributed by atoms with Gasteiger partial charge in [0, 0.05) is 11.1 Å². The Hall–Kier alpha value is -2.37. The number of hydrogen-bond donors (Lipinski definition) is 1. The number of carbonyl (C=O) groups is 3. The molecule has 1 saturated heterocycles. The van der Waals surface area contributed by atoms with Crippen LogP contribution in [0.5, 0.6) is 0 Å². The number of hydrogen-bond acceptors (Lipinski definition) is 5. The summed E-state index contributed by atoms with van der Waals surface area (Å²) >= 11 is 0. The lowest BCUT2D eigenvalue weighted by Gasteiger charge is -2.35. The molecule has 1 aliphatic heterocycles. The van der Waals surface area contributed by atoms with Crippen molar-refractivity contribution < 1.29 is 23.9 Å². The summed E-state index contributed by atoms with van der Waals surface area (Å²) in [7, 11) is 0. The fraction of sp³-hybridized carbons (Fsp3) is 0.526. The zero-order valence-electron chi connectivity index (χ0n) is 15.0. The van der Waals surface area contributed by atoms with Crippen molar-refractivity contribution in [3.05, 3.63) is 29.8 Å². The van der Waals surface area contributed by atoms with Crippen LogP contribution in [0.15, 0.2) is 24.3 Å². The SMILES string of the molecule is CCOC(=O)c1ccc(NC(=O)[C@]23CC[C@@](C)(C(=O)O2)C3(C)C)cc1. The normalized spacial score (nSPS) is 29.2. The van der Waals surface area contributed by atoms with E-state index in [1.165, 1.54) is 0 Å². The van der Waals surface area contributed by atoms with Crippen LogP contribution in [-0.4, -0.2) is 30.1 Å². The van der Waals surface area contributed by atoms with Crippen LogP contribution < -0.4 is 5.32 Å². The Morgan fingerprint density at radius 3 is 2.28 bits per heavy atom. The van der Waals surface area contributed by atoms with Gasteiger partial charge >= 0.3 is 11.9 Å². The highest BCUT2D eigenvalue weighted by Crippen LogP contribution is 2.65. The number of amides is 1. The summed E-state index contributed by atoms with van der Waals surface area (Å²) in [6, 6.07) is 6.46. The van der Waals surface area contributed by atoms with Gasteiger partial charge in [-0.05, 0) is 51.0 Å². The third kappa shape index (κ3) is 2.27. The van der Waals surface area contributed by atoms with Crippen molar-refractivity contribution in [3.8, 4) is 0 Å². The van der Waals surface area contributed by atoms with Crippen LogP contribution >= 0.6 is 0 Å². The Morgan fingerprint density at radius 2 is 1.80 bits per heavy atom. The molecule has 3 rings (SSSR count). The minimum Gasteiger partial charge on any atom is -0.462 e. The summed E-state index contributed by atoms with van der Waals surface area (Å²) < 4.78 is 10.5. The van der Waals surface area contributed by atoms with Gasteiger partial charge in [0.15, 0.2) is 5.60 Å². The first-order valence-electron chi connectivity index (χ1n) is 8.50. The summed E-state index contributed by atoms with van der Waals surface area (Å²) in [6.45, 7) is 7.74. The van der Waals surface area contributed by atoms with Crippen LogP contribution in [0.1, 0.15) is 50.9 Å². The van der Waals surface area contributed by atoms with Crippen LogP contribution in [0.3, 0.4) is 0 Å². The highest BCUT2D eigenvalue weighted by Gasteiger charge is 2.75. The maximum Gasteiger partial charge on any atom is 0.338 e. The van der Waals surface area contributed by atoms with Crippen molar-refractivity contribution >= 4 is 23.5 Å². The molecule has 25 heavy (non-hydrogen) atoms. The third-order valence-corrected chi connectivity index (χ3v) is 6.10. The quantitative estimate of drug-likeness (QED) is 0.849. The van der Waals surface area contributed by atoms with Crippen molar-refractivity contribution in [2.75, 3.05) is 11.9 Å². The molecule has 134 valence electrons. The van der Waals surface area contributed by atoms with Crippen LogP contribution in [0.25, 0.3) is 0 Å². The number of benzene rings is 1. The monoisotopic (exact) mass is 345 g/mol. The molecular weight excluding hydrogens is 322 g/mol. The number of carbonyl (C=O) groups excluding carboxylic acids is 3. The van der Waals surface area contributed by atoms with Gasteiger partial charge in [-0.2, -0.15) is 0 Å². The molecule has 6 heteroatoms. The van der Waals surface area contributed by atoms with E-state index in [-0.39, 0.29) is 11.9 Å². The predicted molar refractivity (Wildman–Crippen MR) is 91.0 cm³/mol. The smallest absolute Gasteiger partial charge is 0.338 e. The molecule has 1 N–H and O–H groups in total. The molecule has 2 fully saturated rings. The molecule has 1 amide bonds. The number of anilines is 1. The summed E-state index contributed by atoms with van der Waals surface area (Å²) in [5.74, 6) is -1.04. The molecule has 1 aromatic carbocycles. The van der Waals surface area contributed by atoms with E-state index in [1.807, 2.05) is 20.8 Å². The van der Waals surface area contributed by atoms with Crippen molar-refractivity contribution in [1.82, 2.24) is 0 Å². The molecule has 1 saturated carbocycles. The molecule has 2 aliphatic rings. The zero-order chi connectivity index (χ0) is 18.5. The van der Waals surface area contributed by atoms with Crippen LogP contribution in [0, 0.1) is 10.8 Å². The minimum atomic E-state index is -1.15. The van der Waals surface area contributed by atoms with Crippen LogP contribution in [0.2, 0.25) is 0 Å². The van der Waals surface area contributed by atoms with E-state index in [2.05, 4.69) is 5.32 Å². The second kappa shape index (κ2) is 5.58. The van der Waals surface area contributed by atoms with Gasteiger partial charge in [0.25, 0.3) is 5.91 Å². The lowest BCUT2D eigenvalue weighted by molar-refractivity contribution is -0.165. The van der Waals surface area contributed by atoms with Crippen LogP contribution in [0.4, 0.5) is 5.69 Å². The van der Waals surface area contributed by atoms with Gasteiger partial charge in [-0.1, -0.05) is 13.8 Å². The van der Waals surface area contributed by atoms with E-state index in [9.17, 15) is 14.4 Å². The highest BCUT2D eigenvalue weighted by molar-refractivity contribution is 6.03. The molecule has 0 spiro atoms. The van der Waals surface area contributed by atoms with E-state index < -0.39 is 22.4 Å². The molecule has 0 aromatic heterocycles. The number of fused-ring (bicyclic) bond motifs is 2. The van der Waals surface area contributed by atoms with E-state index in [0.29, 0.717) is 30.7 Å². The summed E-state index contributed by atoms with van der Waals surface area (Å²) in [6.07, 6.45) is 1.14. The lowest BCUT2D eigenvalue weighted by Crippen LogP contribution is -2.50. The van der Waals surface area contributed by atoms with Gasteiger partial charge in [0.2, 0.25) is 0 Å². The first kappa shape index (κ1) is 17.5. The Kier molecular flexibility index (Phi) is 3.89. The average Bonchev–Trinajstić information content (AvgIpc) is 2.86. The van der Waals surface area contributed by atoms with Crippen molar-refractivity contribution in [2.45, 2.75) is 46.1 Å². The molecule has 0 unspecified atom stereocenters. The molecular formula is C19H23NO5. The first-order chi connectivity index (χ1) is 11.7. The number of nitrogens with one attached hydrogen (secondary N) is 1. The van der Waals surface area contributed by atoms with Gasteiger partial charge in [-0.3, -0.25) is 9.59 Å². The summed E-state index contributed by atoms with van der Waals surface area (Å²) in [4.78, 5) is 36.9. The Morgan fingerprint density at radius 1 is 1.16 bits per heavy atom. The lowest BCUT2D eigenvalue weighted by atomic mass is 9.66. The van der Waals surface area contributed by atoms with Gasteiger partial charge < -0.3 is 14.8 Å². The van der Waals surface area contributed by atoms with Crippen molar-refractivity contribution in [3.63, 3.8) is 0 Å². The molecule has 1 aromatic rings. The Labute approximate surface area is 146 Å². The molecule has 6 nitrogen and oxygen atoms in total. The van der Waals surface area contributed by atoms with E-state index in [4.69, 9.17) is 9.47 Å². The Bertz CT molecular complexity index is 739. The molecule has 1 heterocycles. The molecule has 1 aliphatic carbocycles. The van der Waals surface area contributed by atoms with Gasteiger partial charge in [0.1, 0.15) is 0 Å². The van der Waals surface area contributed by atoms with E-state index >= 15 is 0 Å². The average molecular weight is 345 g/mol. The van der Waals surface area contributed by atoms with Gasteiger partial charge in [0.05, 0.1) is 17.6 Å². The topological polar surface area (TPSA) is 81.7 Å². The maximum atomic E-state index is 12.9. The second-order valence-corrected chi connectivity index (χ2v) is 7.43. The number of ether oxygens (including phenoxy) is 2. The van der Waals surface area contributed by atoms with Gasteiger partial charge in [-0.15, -0.1) is 0 Å².